The van der Waals surface area contributed by atoms with Crippen molar-refractivity contribution in [3.05, 3.63) is 87.2 Å². The number of benzene rings is 2. The first-order valence-corrected chi connectivity index (χ1v) is 10.7. The molecule has 2 aromatic carbocycles. The van der Waals surface area contributed by atoms with E-state index in [1.807, 2.05) is 6.92 Å². The molecular weight excluding hydrogens is 438 g/mol. The third-order valence-electron chi connectivity index (χ3n) is 5.17. The highest BCUT2D eigenvalue weighted by Crippen LogP contribution is 2.37. The molecule has 10 heteroatoms. The maximum atomic E-state index is 13.9. The van der Waals surface area contributed by atoms with E-state index in [1.165, 1.54) is 23.7 Å². The minimum atomic E-state index is -0.711. The average molecular weight is 456 g/mol. The fourth-order valence-corrected chi connectivity index (χ4v) is 4.29. The van der Waals surface area contributed by atoms with E-state index in [9.17, 15) is 13.6 Å². The van der Waals surface area contributed by atoms with Crippen LogP contribution in [0, 0.1) is 18.6 Å². The maximum Gasteiger partial charge on any atom is 0.350 e. The Labute approximate surface area is 185 Å². The molecule has 164 valence electrons. The molecule has 0 unspecified atom stereocenters. The van der Waals surface area contributed by atoms with Crippen molar-refractivity contribution >= 4 is 11.3 Å². The summed E-state index contributed by atoms with van der Waals surface area (Å²) in [6.45, 7) is 3.02. The van der Waals surface area contributed by atoms with Crippen molar-refractivity contribution in [2.75, 3.05) is 13.2 Å². The smallest absolute Gasteiger partial charge is 0.350 e. The van der Waals surface area contributed by atoms with E-state index in [0.29, 0.717) is 35.6 Å². The summed E-state index contributed by atoms with van der Waals surface area (Å²) in [4.78, 5) is 17.2. The molecule has 2 aromatic heterocycles. The number of hydrogen-bond donors (Lipinski definition) is 0. The molecule has 1 fully saturated rings. The van der Waals surface area contributed by atoms with Gasteiger partial charge in [0.05, 0.1) is 37.1 Å². The molecule has 5 rings (SSSR count). The quantitative estimate of drug-likeness (QED) is 0.438. The topological polar surface area (TPSA) is 71.2 Å². The Balaban J connectivity index is 1.33. The zero-order valence-electron chi connectivity index (χ0n) is 17.0. The Morgan fingerprint density at radius 3 is 2.53 bits per heavy atom. The van der Waals surface area contributed by atoms with Gasteiger partial charge in [0.1, 0.15) is 28.7 Å². The summed E-state index contributed by atoms with van der Waals surface area (Å²) < 4.78 is 41.3. The summed E-state index contributed by atoms with van der Waals surface area (Å²) in [5.41, 5.74) is 0.623. The normalized spacial score (nSPS) is 13.8. The highest BCUT2D eigenvalue weighted by Gasteiger charge is 2.25. The largest absolute Gasteiger partial charge is 0.445 e. The molecule has 0 amide bonds. The first kappa shape index (κ1) is 20.5. The summed E-state index contributed by atoms with van der Waals surface area (Å²) in [6.07, 6.45) is 1.25. The molecule has 0 bridgehead atoms. The fraction of sp³-hybridized carbons (Fsp3) is 0.227. The summed E-state index contributed by atoms with van der Waals surface area (Å²) in [6, 6.07) is 10.4. The number of aryl methyl sites for hydroxylation is 1. The van der Waals surface area contributed by atoms with Gasteiger partial charge in [-0.2, -0.15) is 9.78 Å². The first-order valence-electron chi connectivity index (χ1n) is 9.90. The van der Waals surface area contributed by atoms with Crippen LogP contribution in [0.1, 0.15) is 22.2 Å². The lowest BCUT2D eigenvalue weighted by molar-refractivity contribution is 0.00831. The van der Waals surface area contributed by atoms with Crippen LogP contribution in [0.3, 0.4) is 0 Å². The van der Waals surface area contributed by atoms with Gasteiger partial charge in [-0.15, -0.1) is 0 Å². The second kappa shape index (κ2) is 8.29. The summed E-state index contributed by atoms with van der Waals surface area (Å²) in [5, 5.41) is 5.79. The van der Waals surface area contributed by atoms with Gasteiger partial charge >= 0.3 is 5.69 Å². The van der Waals surface area contributed by atoms with Crippen LogP contribution in [0.25, 0.3) is 5.69 Å². The second-order valence-corrected chi connectivity index (χ2v) is 8.40. The van der Waals surface area contributed by atoms with Crippen molar-refractivity contribution in [1.82, 2.24) is 19.3 Å². The van der Waals surface area contributed by atoms with Crippen LogP contribution in [0.5, 0.6) is 10.8 Å². The van der Waals surface area contributed by atoms with Crippen LogP contribution in [0.15, 0.2) is 53.6 Å². The standard InChI is InChI=1S/C22H18F2N4O3S/c1-13-21(32-20(26-13)14-10-30-11-14)31-16-7-5-15(6-8-16)28-22(29)27(12-25-28)9-17-18(23)3-2-4-19(17)24/h2-8,12,14H,9-11H2,1H3. The van der Waals surface area contributed by atoms with Gasteiger partial charge in [-0.1, -0.05) is 17.4 Å². The molecule has 0 aliphatic carbocycles. The van der Waals surface area contributed by atoms with Crippen molar-refractivity contribution in [3.63, 3.8) is 0 Å². The van der Waals surface area contributed by atoms with E-state index in [-0.39, 0.29) is 12.1 Å². The molecule has 4 aromatic rings. The molecule has 0 N–H and O–H groups in total. The van der Waals surface area contributed by atoms with E-state index in [4.69, 9.17) is 9.47 Å². The molecule has 3 heterocycles. The van der Waals surface area contributed by atoms with E-state index in [2.05, 4.69) is 10.1 Å². The van der Waals surface area contributed by atoms with Crippen molar-refractivity contribution in [2.45, 2.75) is 19.4 Å². The molecule has 0 radical (unpaired) electrons. The molecule has 7 nitrogen and oxygen atoms in total. The molecule has 0 spiro atoms. The monoisotopic (exact) mass is 456 g/mol. The number of hydrogen-bond acceptors (Lipinski definition) is 6. The van der Waals surface area contributed by atoms with E-state index in [0.717, 1.165) is 32.1 Å². The van der Waals surface area contributed by atoms with Crippen molar-refractivity contribution < 1.29 is 18.3 Å². The van der Waals surface area contributed by atoms with Gasteiger partial charge < -0.3 is 9.47 Å². The third kappa shape index (κ3) is 3.82. The van der Waals surface area contributed by atoms with Crippen molar-refractivity contribution in [3.8, 4) is 16.5 Å². The van der Waals surface area contributed by atoms with E-state index in [1.54, 1.807) is 24.3 Å². The first-order chi connectivity index (χ1) is 15.5. The van der Waals surface area contributed by atoms with E-state index >= 15 is 0 Å². The van der Waals surface area contributed by atoms with Gasteiger partial charge in [-0.05, 0) is 43.3 Å². The lowest BCUT2D eigenvalue weighted by Gasteiger charge is -2.23. The van der Waals surface area contributed by atoms with Crippen LogP contribution in [-0.2, 0) is 11.3 Å². The average Bonchev–Trinajstić information content (AvgIpc) is 3.27. The lowest BCUT2D eigenvalue weighted by Crippen LogP contribution is -2.24. The summed E-state index contributed by atoms with van der Waals surface area (Å²) in [7, 11) is 0. The number of thiazole rings is 1. The minimum Gasteiger partial charge on any atom is -0.445 e. The Morgan fingerprint density at radius 1 is 1.16 bits per heavy atom. The van der Waals surface area contributed by atoms with Gasteiger partial charge in [0.2, 0.25) is 5.06 Å². The SMILES string of the molecule is Cc1nc(C2COC2)sc1Oc1ccc(-n2ncn(Cc3c(F)cccc3F)c2=O)cc1. The highest BCUT2D eigenvalue weighted by molar-refractivity contribution is 7.13. The zero-order chi connectivity index (χ0) is 22.2. The molecule has 32 heavy (non-hydrogen) atoms. The number of halogens is 2. The third-order valence-corrected chi connectivity index (χ3v) is 6.37. The summed E-state index contributed by atoms with van der Waals surface area (Å²) >= 11 is 1.50. The van der Waals surface area contributed by atoms with Gasteiger partial charge in [0, 0.05) is 5.56 Å². The Hall–Kier alpha value is -3.37. The molecule has 1 aliphatic rings. The number of rotatable bonds is 6. The Kier molecular flexibility index (Phi) is 5.32. The number of nitrogens with zero attached hydrogens (tertiary/aromatic N) is 4. The van der Waals surface area contributed by atoms with Crippen LogP contribution in [0.4, 0.5) is 8.78 Å². The van der Waals surface area contributed by atoms with Crippen LogP contribution in [0.2, 0.25) is 0 Å². The number of aromatic nitrogens is 4. The van der Waals surface area contributed by atoms with Gasteiger partial charge in [0.25, 0.3) is 0 Å². The molecule has 1 aliphatic heterocycles. The molecular formula is C22H18F2N4O3S. The maximum absolute atomic E-state index is 13.9. The Bertz CT molecular complexity index is 1310. The minimum absolute atomic E-state index is 0.189. The molecule has 0 saturated carbocycles. The predicted octanol–water partition coefficient (Wildman–Crippen LogP) is 4.03. The van der Waals surface area contributed by atoms with Crippen LogP contribution < -0.4 is 10.4 Å². The lowest BCUT2D eigenvalue weighted by atomic mass is 10.1. The number of ether oxygens (including phenoxy) is 2. The molecule has 0 atom stereocenters. The van der Waals surface area contributed by atoms with Gasteiger partial charge in [-0.3, -0.25) is 4.57 Å². The molecule has 1 saturated heterocycles. The van der Waals surface area contributed by atoms with Crippen LogP contribution >= 0.6 is 11.3 Å². The van der Waals surface area contributed by atoms with Gasteiger partial charge in [-0.25, -0.2) is 18.6 Å². The van der Waals surface area contributed by atoms with Crippen molar-refractivity contribution in [1.29, 1.82) is 0 Å². The van der Waals surface area contributed by atoms with E-state index < -0.39 is 17.3 Å². The predicted molar refractivity (Wildman–Crippen MR) is 114 cm³/mol. The van der Waals surface area contributed by atoms with Crippen LogP contribution in [-0.4, -0.2) is 32.5 Å². The fourth-order valence-electron chi connectivity index (χ4n) is 3.29. The van der Waals surface area contributed by atoms with Crippen molar-refractivity contribution in [2.24, 2.45) is 0 Å². The zero-order valence-corrected chi connectivity index (χ0v) is 17.8. The summed E-state index contributed by atoms with van der Waals surface area (Å²) in [5.74, 6) is -0.494. The Morgan fingerprint density at radius 2 is 1.88 bits per heavy atom. The van der Waals surface area contributed by atoms with Gasteiger partial charge in [0.15, 0.2) is 0 Å². The highest BCUT2D eigenvalue weighted by atomic mass is 32.1. The second-order valence-electron chi connectivity index (χ2n) is 7.41.